The van der Waals surface area contributed by atoms with Crippen molar-refractivity contribution >= 4 is 46.7 Å². The second-order valence-corrected chi connectivity index (χ2v) is 7.45. The Morgan fingerprint density at radius 2 is 0.897 bits per heavy atom. The molecule has 0 spiro atoms. The molecule has 0 aliphatic rings. The molecule has 4 aromatic heterocycles. The van der Waals surface area contributed by atoms with Crippen LogP contribution < -0.4 is 0 Å². The molecule has 0 saturated carbocycles. The predicted molar refractivity (Wildman–Crippen MR) is 150 cm³/mol. The second-order valence-electron chi connectivity index (χ2n) is 7.09. The van der Waals surface area contributed by atoms with Crippen molar-refractivity contribution in [2.24, 2.45) is 0 Å². The number of pyridine rings is 4. The molecule has 4 aromatic rings. The minimum absolute atomic E-state index is 0. The van der Waals surface area contributed by atoms with Crippen molar-refractivity contribution < 1.29 is 39.3 Å². The van der Waals surface area contributed by atoms with Crippen molar-refractivity contribution in [2.45, 2.75) is 13.8 Å². The van der Waals surface area contributed by atoms with Crippen molar-refractivity contribution in [1.82, 2.24) is 19.9 Å². The molecule has 10 nitrogen and oxygen atoms in total. The Kier molecular flexibility index (Phi) is 16.9. The Balaban J connectivity index is 0.000000614. The zero-order valence-electron chi connectivity index (χ0n) is 20.5. The maximum atomic E-state index is 10.8. The SMILES string of the molecule is Cc1ccnc(-c2cc(C)ccn2)c1.O=C(O)c1ccnc(-c2cc(C(=O)O)ccn2)c1.[N-]=C=S.[N-]=C=S.[Ru+2]. The molecule has 0 aliphatic heterocycles. The molecule has 0 saturated heterocycles. The van der Waals surface area contributed by atoms with Gasteiger partial charge < -0.3 is 21.0 Å². The van der Waals surface area contributed by atoms with Crippen LogP contribution in [0.5, 0.6) is 0 Å². The number of aryl methyl sites for hydroxylation is 2. The van der Waals surface area contributed by atoms with Crippen LogP contribution in [-0.4, -0.2) is 52.4 Å². The van der Waals surface area contributed by atoms with E-state index in [-0.39, 0.29) is 30.6 Å². The maximum Gasteiger partial charge on any atom is 2.00 e. The molecule has 0 radical (unpaired) electrons. The number of rotatable bonds is 4. The number of carboxylic acids is 2. The van der Waals surface area contributed by atoms with Crippen LogP contribution in [0.15, 0.2) is 73.3 Å². The molecule has 0 unspecified atom stereocenters. The number of carbonyl (C=O) groups is 2. The summed E-state index contributed by atoms with van der Waals surface area (Å²) >= 11 is 7.40. The average molecular weight is 646 g/mol. The van der Waals surface area contributed by atoms with Crippen LogP contribution in [0, 0.1) is 13.8 Å². The van der Waals surface area contributed by atoms with Gasteiger partial charge in [0, 0.05) is 24.8 Å². The van der Waals surface area contributed by atoms with Gasteiger partial charge in [-0.15, -0.1) is 0 Å². The molecule has 0 fully saturated rings. The molecule has 0 atom stereocenters. The van der Waals surface area contributed by atoms with Crippen LogP contribution >= 0.6 is 24.4 Å². The average Bonchev–Trinajstić information content (AvgIpc) is 2.90. The summed E-state index contributed by atoms with van der Waals surface area (Å²) in [6.45, 7) is 4.11. The van der Waals surface area contributed by atoms with E-state index < -0.39 is 11.9 Å². The minimum atomic E-state index is -1.08. The fourth-order valence-electron chi connectivity index (χ4n) is 2.76. The van der Waals surface area contributed by atoms with Crippen molar-refractivity contribution in [1.29, 1.82) is 0 Å². The normalized spacial score (nSPS) is 8.67. The van der Waals surface area contributed by atoms with E-state index in [1.54, 1.807) is 0 Å². The van der Waals surface area contributed by atoms with E-state index in [0.717, 1.165) is 11.4 Å². The molecule has 13 heteroatoms. The van der Waals surface area contributed by atoms with E-state index in [1.165, 1.54) is 58.1 Å². The standard InChI is InChI=1S/C12H8N2O4.C12H12N2.2CNS.Ru/c15-11(16)7-1-3-13-9(5-7)10-6-8(12(17)18)2-4-14-10;1-9-3-5-13-11(7-9)12-8-10(2)4-6-14-12;2*2-1-3;/h1-6H,(H,15,16)(H,17,18);3-8H,1-2H3;;;/q;;2*-1;+2. The summed E-state index contributed by atoms with van der Waals surface area (Å²) in [5.41, 5.74) is 5.07. The fraction of sp³-hybridized carbons (Fsp3) is 0.0769. The van der Waals surface area contributed by atoms with Gasteiger partial charge in [-0.05, 0) is 73.5 Å². The molecular weight excluding hydrogens is 626 g/mol. The first-order valence-electron chi connectivity index (χ1n) is 10.4. The molecule has 4 heterocycles. The van der Waals surface area contributed by atoms with Gasteiger partial charge in [0.05, 0.1) is 33.9 Å². The summed E-state index contributed by atoms with van der Waals surface area (Å²) in [5.74, 6) is -2.15. The van der Waals surface area contributed by atoms with E-state index in [4.69, 9.17) is 21.0 Å². The fourth-order valence-corrected chi connectivity index (χ4v) is 2.76. The zero-order chi connectivity index (χ0) is 28.5. The van der Waals surface area contributed by atoms with Gasteiger partial charge in [0.15, 0.2) is 0 Å². The van der Waals surface area contributed by atoms with E-state index in [0.29, 0.717) is 11.4 Å². The van der Waals surface area contributed by atoms with E-state index in [2.05, 4.69) is 58.2 Å². The number of isothiocyanates is 2. The number of aromatic carboxylic acids is 2. The van der Waals surface area contributed by atoms with E-state index in [9.17, 15) is 9.59 Å². The Morgan fingerprint density at radius 1 is 0.641 bits per heavy atom. The van der Waals surface area contributed by atoms with Crippen molar-refractivity contribution in [3.63, 3.8) is 0 Å². The van der Waals surface area contributed by atoms with Crippen LogP contribution in [0.1, 0.15) is 31.8 Å². The van der Waals surface area contributed by atoms with E-state index in [1.807, 2.05) is 36.7 Å². The maximum absolute atomic E-state index is 10.8. The second kappa shape index (κ2) is 18.9. The summed E-state index contributed by atoms with van der Waals surface area (Å²) in [5, 5.41) is 34.6. The van der Waals surface area contributed by atoms with Gasteiger partial charge in [0.1, 0.15) is 0 Å². The first-order valence-corrected chi connectivity index (χ1v) is 11.3. The van der Waals surface area contributed by atoms with Crippen LogP contribution in [0.3, 0.4) is 0 Å². The topological polar surface area (TPSA) is 171 Å². The largest absolute Gasteiger partial charge is 2.00 e. The summed E-state index contributed by atoms with van der Waals surface area (Å²) in [4.78, 5) is 38.2. The van der Waals surface area contributed by atoms with Gasteiger partial charge in [0.2, 0.25) is 0 Å². The molecular formula is C26H20N6O4RuS2. The van der Waals surface area contributed by atoms with Gasteiger partial charge in [0.25, 0.3) is 0 Å². The van der Waals surface area contributed by atoms with Gasteiger partial charge in [-0.3, -0.25) is 19.9 Å². The quantitative estimate of drug-likeness (QED) is 0.161. The number of aromatic nitrogens is 4. The van der Waals surface area contributed by atoms with Gasteiger partial charge >= 0.3 is 31.4 Å². The van der Waals surface area contributed by atoms with E-state index >= 15 is 0 Å². The molecule has 0 amide bonds. The molecule has 0 aromatic carbocycles. The summed E-state index contributed by atoms with van der Waals surface area (Å²) < 4.78 is 0. The number of thiocarbonyl (C=S) groups is 2. The molecule has 198 valence electrons. The third kappa shape index (κ3) is 12.7. The Morgan fingerprint density at radius 3 is 1.15 bits per heavy atom. The smallest absolute Gasteiger partial charge is 0.753 e. The third-order valence-corrected chi connectivity index (χ3v) is 4.37. The monoisotopic (exact) mass is 646 g/mol. The zero-order valence-corrected chi connectivity index (χ0v) is 23.9. The predicted octanol–water partition coefficient (Wildman–Crippen LogP) is 5.62. The molecule has 4 rings (SSSR count). The van der Waals surface area contributed by atoms with Gasteiger partial charge in [-0.2, -0.15) is 10.3 Å². The van der Waals surface area contributed by atoms with Crippen molar-refractivity contribution in [2.75, 3.05) is 0 Å². The number of nitrogens with zero attached hydrogens (tertiary/aromatic N) is 6. The summed E-state index contributed by atoms with van der Waals surface area (Å²) in [6, 6.07) is 13.5. The number of carboxylic acid groups (broad SMARTS) is 2. The molecule has 39 heavy (non-hydrogen) atoms. The van der Waals surface area contributed by atoms with Crippen molar-refractivity contribution in [3.05, 3.63) is 106 Å². The first kappa shape index (κ1) is 34.8. The first-order chi connectivity index (χ1) is 18.2. The third-order valence-electron chi connectivity index (χ3n) is 4.37. The number of hydrogen-bond donors (Lipinski definition) is 2. The van der Waals surface area contributed by atoms with Crippen LogP contribution in [0.4, 0.5) is 0 Å². The summed E-state index contributed by atoms with van der Waals surface area (Å²) in [6.07, 6.45) is 6.31. The Hall–Kier alpha value is -4.24. The molecule has 0 bridgehead atoms. The van der Waals surface area contributed by atoms with Crippen LogP contribution in [0.25, 0.3) is 33.6 Å². The van der Waals surface area contributed by atoms with Gasteiger partial charge in [-0.1, -0.05) is 24.4 Å². The van der Waals surface area contributed by atoms with Crippen LogP contribution in [0.2, 0.25) is 0 Å². The van der Waals surface area contributed by atoms with Crippen molar-refractivity contribution in [3.8, 4) is 22.8 Å². The van der Waals surface area contributed by atoms with Gasteiger partial charge in [-0.25, -0.2) is 9.59 Å². The Bertz CT molecular complexity index is 1360. The molecule has 0 aliphatic carbocycles. The van der Waals surface area contributed by atoms with Crippen LogP contribution in [-0.2, 0) is 19.5 Å². The number of hydrogen-bond acceptors (Lipinski definition) is 8. The minimum Gasteiger partial charge on any atom is -0.753 e. The summed E-state index contributed by atoms with van der Waals surface area (Å²) in [7, 11) is 0. The molecule has 2 N–H and O–H groups in total. The Labute approximate surface area is 248 Å².